The lowest BCUT2D eigenvalue weighted by Crippen LogP contribution is -2.40. The average molecular weight is 579 g/mol. The third kappa shape index (κ3) is 11.5. The minimum Gasteiger partial charge on any atom is -0.462 e. The number of amides is 1. The molecule has 10 nitrogen and oxygen atoms in total. The molecule has 0 saturated carbocycles. The maximum absolute atomic E-state index is 12.5. The Labute approximate surface area is 238 Å². The van der Waals surface area contributed by atoms with Crippen molar-refractivity contribution < 1.29 is 37.4 Å². The highest BCUT2D eigenvalue weighted by Gasteiger charge is 2.36. The summed E-state index contributed by atoms with van der Waals surface area (Å²) in [7, 11) is -1.83. The van der Waals surface area contributed by atoms with Gasteiger partial charge in [0.15, 0.2) is 13.9 Å². The molecule has 1 amide bonds. The second kappa shape index (κ2) is 13.9. The number of fused-ring (bicyclic) bond motifs is 1. The fourth-order valence-electron chi connectivity index (χ4n) is 2.76. The van der Waals surface area contributed by atoms with Crippen molar-refractivity contribution in [2.24, 2.45) is 0 Å². The van der Waals surface area contributed by atoms with Crippen molar-refractivity contribution >= 4 is 49.9 Å². The first-order valence-corrected chi connectivity index (χ1v) is 16.1. The van der Waals surface area contributed by atoms with Gasteiger partial charge in [0.2, 0.25) is 5.88 Å². The van der Waals surface area contributed by atoms with Crippen molar-refractivity contribution in [3.8, 4) is 0 Å². The van der Waals surface area contributed by atoms with Gasteiger partial charge in [0.05, 0.1) is 13.2 Å². The number of aromatic nitrogens is 1. The second-order valence-corrected chi connectivity index (χ2v) is 17.4. The topological polar surface area (TPSA) is 126 Å². The lowest BCUT2D eigenvalue weighted by atomic mass is 10.2. The first kappa shape index (κ1) is 34.8. The van der Waals surface area contributed by atoms with E-state index in [1.165, 1.54) is 0 Å². The molecule has 0 aromatic carbocycles. The highest BCUT2D eigenvalue weighted by molar-refractivity contribution is 6.74. The van der Waals surface area contributed by atoms with E-state index >= 15 is 0 Å². The highest BCUT2D eigenvalue weighted by Crippen LogP contribution is 2.36. The van der Waals surface area contributed by atoms with Crippen LogP contribution in [0.3, 0.4) is 0 Å². The summed E-state index contributed by atoms with van der Waals surface area (Å²) in [5, 5.41) is 2.63. The van der Waals surface area contributed by atoms with Crippen LogP contribution in [0, 0.1) is 0 Å². The average Bonchev–Trinajstić information content (AvgIpc) is 3.11. The van der Waals surface area contributed by atoms with Crippen LogP contribution in [-0.2, 0) is 23.4 Å². The number of carbonyl (C=O) groups excluding carboxylic acids is 3. The summed E-state index contributed by atoms with van der Waals surface area (Å²) in [5.74, 6) is -0.700. The smallest absolute Gasteiger partial charge is 0.414 e. The zero-order chi connectivity index (χ0) is 30.9. The molecule has 11 heteroatoms. The van der Waals surface area contributed by atoms with Crippen molar-refractivity contribution in [3.63, 3.8) is 0 Å². The van der Waals surface area contributed by atoms with E-state index in [1.54, 1.807) is 40.0 Å². The van der Waals surface area contributed by atoms with Gasteiger partial charge in [-0.15, -0.1) is 0 Å². The van der Waals surface area contributed by atoms with Gasteiger partial charge in [-0.3, -0.25) is 15.1 Å². The van der Waals surface area contributed by atoms with E-state index in [2.05, 4.69) is 48.9 Å². The summed E-state index contributed by atoms with van der Waals surface area (Å²) < 4.78 is 26.9. The maximum atomic E-state index is 12.5. The van der Waals surface area contributed by atoms with E-state index in [0.29, 0.717) is 24.2 Å². The fraction of sp³-hybridized carbons (Fsp3) is 0.586. The Morgan fingerprint density at radius 1 is 1.05 bits per heavy atom. The molecule has 0 atom stereocenters. The molecule has 2 aromatic heterocycles. The minimum atomic E-state index is -1.83. The maximum Gasteiger partial charge on any atom is 0.414 e. The summed E-state index contributed by atoms with van der Waals surface area (Å²) in [6.45, 7) is 24.5. The summed E-state index contributed by atoms with van der Waals surface area (Å²) >= 11 is 0. The van der Waals surface area contributed by atoms with Crippen molar-refractivity contribution in [2.45, 2.75) is 98.6 Å². The van der Waals surface area contributed by atoms with Gasteiger partial charge in [-0.05, 0) is 78.2 Å². The van der Waals surface area contributed by atoms with Crippen LogP contribution in [0.1, 0.15) is 85.2 Å². The van der Waals surface area contributed by atoms with E-state index in [0.717, 1.165) is 5.56 Å². The second-order valence-electron chi connectivity index (χ2n) is 12.6. The van der Waals surface area contributed by atoms with Gasteiger partial charge in [0.25, 0.3) is 6.47 Å². The summed E-state index contributed by atoms with van der Waals surface area (Å²) in [6, 6.07) is 1.74. The lowest BCUT2D eigenvalue weighted by Gasteiger charge is -2.35. The SMILES string of the molecule is CC(C)(C)OC=O.CCOC(=O)c1c(NC(=O)OC(C)(C)C)oc2cc(/C=C/CO[Si](C)(C)C(C)(C)C)cnc12. The summed E-state index contributed by atoms with van der Waals surface area (Å²) in [6.07, 6.45) is 4.70. The van der Waals surface area contributed by atoms with E-state index in [9.17, 15) is 14.4 Å². The Bertz CT molecular complexity index is 1180. The molecule has 0 radical (unpaired) electrons. The summed E-state index contributed by atoms with van der Waals surface area (Å²) in [4.78, 5) is 38.8. The van der Waals surface area contributed by atoms with Crippen LogP contribution in [0.25, 0.3) is 17.2 Å². The third-order valence-corrected chi connectivity index (χ3v) is 10.2. The Kier molecular flexibility index (Phi) is 12.1. The number of carbonyl (C=O) groups is 3. The standard InChI is InChI=1S/C24H36N2O6Si.C5H10O2/c1-10-29-21(27)18-19-17(31-20(18)26-22(28)32-23(2,3)4)14-16(15-25-19)12-11-13-30-33(8,9)24(5,6)7;1-5(2,3)7-4-6/h11-12,14-15H,10,13H2,1-9H3,(H,26,28);4H,1-3H3/b12-11+;. The number of pyridine rings is 1. The fourth-order valence-corrected chi connectivity index (χ4v) is 3.71. The summed E-state index contributed by atoms with van der Waals surface area (Å²) in [5.41, 5.74) is 0.444. The molecule has 0 unspecified atom stereocenters. The number of hydrogen-bond acceptors (Lipinski definition) is 9. The van der Waals surface area contributed by atoms with Crippen molar-refractivity contribution in [1.29, 1.82) is 0 Å². The van der Waals surface area contributed by atoms with Crippen LogP contribution in [0.4, 0.5) is 10.7 Å². The highest BCUT2D eigenvalue weighted by atomic mass is 28.4. The number of anilines is 1. The molecular weight excluding hydrogens is 532 g/mol. The first-order chi connectivity index (χ1) is 18.2. The zero-order valence-electron chi connectivity index (χ0n) is 26.0. The molecule has 0 spiro atoms. The number of ether oxygens (including phenoxy) is 3. The van der Waals surface area contributed by atoms with Crippen LogP contribution in [0.2, 0.25) is 18.1 Å². The van der Waals surface area contributed by atoms with Gasteiger partial charge >= 0.3 is 12.1 Å². The zero-order valence-corrected chi connectivity index (χ0v) is 27.0. The van der Waals surface area contributed by atoms with Gasteiger partial charge in [0.1, 0.15) is 22.3 Å². The van der Waals surface area contributed by atoms with Crippen LogP contribution in [-0.4, -0.2) is 56.3 Å². The molecule has 0 aliphatic heterocycles. The Hall–Kier alpha value is -3.18. The van der Waals surface area contributed by atoms with Gasteiger partial charge in [-0.1, -0.05) is 32.9 Å². The molecule has 0 fully saturated rings. The molecule has 2 heterocycles. The van der Waals surface area contributed by atoms with Gasteiger partial charge in [-0.2, -0.15) is 0 Å². The quantitative estimate of drug-likeness (QED) is 0.148. The van der Waals surface area contributed by atoms with Gasteiger partial charge in [-0.25, -0.2) is 9.59 Å². The molecule has 2 aromatic rings. The predicted molar refractivity (Wildman–Crippen MR) is 159 cm³/mol. The number of furan rings is 1. The molecule has 2 rings (SSSR count). The lowest BCUT2D eigenvalue weighted by molar-refractivity contribution is -0.138. The number of hydrogen-bond donors (Lipinski definition) is 1. The Balaban J connectivity index is 0.00000101. The normalized spacial score (nSPS) is 12.5. The number of nitrogens with zero attached hydrogens (tertiary/aromatic N) is 1. The minimum absolute atomic E-state index is 0.0505. The van der Waals surface area contributed by atoms with Crippen molar-refractivity contribution in [2.75, 3.05) is 18.5 Å². The van der Waals surface area contributed by atoms with Crippen LogP contribution < -0.4 is 5.32 Å². The number of esters is 1. The largest absolute Gasteiger partial charge is 0.462 e. The Morgan fingerprint density at radius 2 is 1.68 bits per heavy atom. The first-order valence-electron chi connectivity index (χ1n) is 13.2. The van der Waals surface area contributed by atoms with Crippen LogP contribution in [0.5, 0.6) is 0 Å². The van der Waals surface area contributed by atoms with Gasteiger partial charge in [0, 0.05) is 6.20 Å². The molecule has 0 saturated heterocycles. The monoisotopic (exact) mass is 578 g/mol. The third-order valence-electron chi connectivity index (χ3n) is 5.70. The molecule has 0 aliphatic carbocycles. The van der Waals surface area contributed by atoms with E-state index < -0.39 is 26.0 Å². The Morgan fingerprint density at radius 3 is 2.15 bits per heavy atom. The predicted octanol–water partition coefficient (Wildman–Crippen LogP) is 7.34. The molecule has 0 aliphatic rings. The van der Waals surface area contributed by atoms with Crippen LogP contribution >= 0.6 is 0 Å². The molecule has 224 valence electrons. The molecule has 0 bridgehead atoms. The molecular formula is C29H46N2O8Si. The molecule has 1 N–H and O–H groups in total. The molecule has 40 heavy (non-hydrogen) atoms. The van der Waals surface area contributed by atoms with Crippen molar-refractivity contribution in [1.82, 2.24) is 4.98 Å². The van der Waals surface area contributed by atoms with Gasteiger partial charge < -0.3 is 23.1 Å². The van der Waals surface area contributed by atoms with E-state index in [4.69, 9.17) is 18.3 Å². The van der Waals surface area contributed by atoms with Crippen LogP contribution in [0.15, 0.2) is 22.8 Å². The van der Waals surface area contributed by atoms with E-state index in [-0.39, 0.29) is 28.7 Å². The number of nitrogens with one attached hydrogen (secondary N) is 1. The number of rotatable bonds is 8. The van der Waals surface area contributed by atoms with Crippen molar-refractivity contribution in [3.05, 3.63) is 29.5 Å². The van der Waals surface area contributed by atoms with E-state index in [1.807, 2.05) is 32.9 Å².